The molecule has 222 valence electrons. The number of nitrogens with zero attached hydrogens (tertiary/aromatic N) is 5. The number of carbonyl (C=O) groups excluding carboxylic acids is 3. The third-order valence-electron chi connectivity index (χ3n) is 7.04. The molecule has 5 aromatic rings. The number of aromatic nitrogens is 4. The molecule has 2 aromatic heterocycles. The van der Waals surface area contributed by atoms with Gasteiger partial charge in [-0.3, -0.25) is 14.2 Å². The zero-order chi connectivity index (χ0) is 30.8. The zero-order valence-corrected chi connectivity index (χ0v) is 22.7. The molecule has 3 aromatic carbocycles. The van der Waals surface area contributed by atoms with E-state index in [1.807, 2.05) is 0 Å². The second-order valence-electron chi connectivity index (χ2n) is 9.79. The van der Waals surface area contributed by atoms with Crippen LogP contribution in [0.5, 0.6) is 0 Å². The van der Waals surface area contributed by atoms with Crippen LogP contribution in [0.15, 0.2) is 104 Å². The Morgan fingerprint density at radius 1 is 0.864 bits per heavy atom. The molecule has 0 unspecified atom stereocenters. The predicted molar refractivity (Wildman–Crippen MR) is 151 cm³/mol. The van der Waals surface area contributed by atoms with Crippen molar-refractivity contribution in [2.75, 3.05) is 11.5 Å². The summed E-state index contributed by atoms with van der Waals surface area (Å²) in [6.07, 6.45) is -4.03. The summed E-state index contributed by atoms with van der Waals surface area (Å²) < 4.78 is 42.6. The molecule has 11 nitrogen and oxygen atoms in total. The van der Waals surface area contributed by atoms with Crippen LogP contribution in [0, 0.1) is 0 Å². The van der Waals surface area contributed by atoms with Crippen LogP contribution in [0.2, 0.25) is 0 Å². The van der Waals surface area contributed by atoms with Gasteiger partial charge in [0.2, 0.25) is 6.17 Å². The van der Waals surface area contributed by atoms with Gasteiger partial charge in [0.1, 0.15) is 12.9 Å². The largest absolute Gasteiger partial charge is 0.451 e. The van der Waals surface area contributed by atoms with Crippen LogP contribution in [0.3, 0.4) is 0 Å². The van der Waals surface area contributed by atoms with Crippen molar-refractivity contribution >= 4 is 34.8 Å². The maximum Gasteiger partial charge on any atom is 0.338 e. The number of rotatable bonds is 7. The topological polar surface area (TPSA) is 137 Å². The molecule has 4 atom stereocenters. The van der Waals surface area contributed by atoms with Gasteiger partial charge in [0, 0.05) is 11.1 Å². The molecular weight excluding hydrogens is 576 g/mol. The van der Waals surface area contributed by atoms with Crippen molar-refractivity contribution < 1.29 is 37.7 Å². The Bertz CT molecular complexity index is 1770. The minimum absolute atomic E-state index is 0.0772. The van der Waals surface area contributed by atoms with Gasteiger partial charge in [-0.2, -0.15) is 0 Å². The summed E-state index contributed by atoms with van der Waals surface area (Å²) in [5.74, 6) is -5.82. The molecule has 1 aliphatic heterocycles. The van der Waals surface area contributed by atoms with E-state index in [9.17, 15) is 19.5 Å². The maximum atomic E-state index is 15.4. The molecule has 1 fully saturated rings. The summed E-state index contributed by atoms with van der Waals surface area (Å²) in [5.41, 5.74) is 0.254. The van der Waals surface area contributed by atoms with Crippen molar-refractivity contribution in [2.24, 2.45) is 0 Å². The number of aliphatic hydroxyl groups is 1. The minimum Gasteiger partial charge on any atom is -0.451 e. The molecule has 2 amide bonds. The van der Waals surface area contributed by atoms with Gasteiger partial charge in [-0.25, -0.2) is 33.4 Å². The fourth-order valence-electron chi connectivity index (χ4n) is 4.84. The van der Waals surface area contributed by atoms with Crippen LogP contribution in [-0.2, 0) is 9.47 Å². The fourth-order valence-corrected chi connectivity index (χ4v) is 4.84. The summed E-state index contributed by atoms with van der Waals surface area (Å²) >= 11 is 0. The number of imidazole rings is 1. The zero-order valence-electron chi connectivity index (χ0n) is 22.7. The minimum atomic E-state index is -3.22. The first-order chi connectivity index (χ1) is 21.3. The van der Waals surface area contributed by atoms with Crippen LogP contribution in [0.4, 0.5) is 14.6 Å². The number of esters is 1. The quantitative estimate of drug-likeness (QED) is 0.217. The number of anilines is 1. The molecule has 13 heteroatoms. The van der Waals surface area contributed by atoms with E-state index >= 15 is 8.78 Å². The number of carbonyl (C=O) groups is 3. The Morgan fingerprint density at radius 3 is 1.95 bits per heavy atom. The van der Waals surface area contributed by atoms with Crippen molar-refractivity contribution in [3.05, 3.63) is 120 Å². The average molecular weight is 600 g/mol. The molecule has 1 aliphatic rings. The highest BCUT2D eigenvalue weighted by atomic mass is 19.2. The summed E-state index contributed by atoms with van der Waals surface area (Å²) in [4.78, 5) is 53.8. The molecule has 0 saturated carbocycles. The van der Waals surface area contributed by atoms with Crippen molar-refractivity contribution in [3.63, 3.8) is 0 Å². The van der Waals surface area contributed by atoms with Gasteiger partial charge in [-0.1, -0.05) is 54.6 Å². The normalized spacial score (nSPS) is 21.2. The van der Waals surface area contributed by atoms with Crippen molar-refractivity contribution in [2.45, 2.75) is 24.4 Å². The Labute approximate surface area is 248 Å². The second kappa shape index (κ2) is 11.7. The Hall–Kier alpha value is -5.40. The molecule has 1 saturated heterocycles. The van der Waals surface area contributed by atoms with Crippen molar-refractivity contribution in [3.8, 4) is 0 Å². The van der Waals surface area contributed by atoms with E-state index in [4.69, 9.17) is 9.47 Å². The summed E-state index contributed by atoms with van der Waals surface area (Å²) in [5, 5.41) is 9.64. The number of ether oxygens (including phenoxy) is 2. The lowest BCUT2D eigenvalue weighted by Gasteiger charge is -2.22. The molecule has 1 N–H and O–H groups in total. The van der Waals surface area contributed by atoms with E-state index in [0.29, 0.717) is 0 Å². The van der Waals surface area contributed by atoms with Gasteiger partial charge in [0.15, 0.2) is 29.3 Å². The molecule has 3 heterocycles. The summed E-state index contributed by atoms with van der Waals surface area (Å²) in [6, 6.07) is 23.7. The maximum absolute atomic E-state index is 15.4. The summed E-state index contributed by atoms with van der Waals surface area (Å²) in [7, 11) is 0. The third kappa shape index (κ3) is 5.08. The van der Waals surface area contributed by atoms with Gasteiger partial charge < -0.3 is 14.6 Å². The molecule has 6 rings (SSSR count). The number of benzene rings is 3. The van der Waals surface area contributed by atoms with Gasteiger partial charge >= 0.3 is 5.97 Å². The number of imide groups is 1. The smallest absolute Gasteiger partial charge is 0.338 e. The van der Waals surface area contributed by atoms with E-state index in [-0.39, 0.29) is 33.7 Å². The number of halogens is 2. The van der Waals surface area contributed by atoms with Crippen LogP contribution < -0.4 is 4.90 Å². The number of aliphatic hydroxyl groups excluding tert-OH is 1. The first kappa shape index (κ1) is 28.7. The molecule has 0 radical (unpaired) electrons. The van der Waals surface area contributed by atoms with E-state index < -0.39 is 48.7 Å². The highest BCUT2D eigenvalue weighted by Gasteiger charge is 2.60. The average Bonchev–Trinajstić information content (AvgIpc) is 3.61. The Kier molecular flexibility index (Phi) is 7.64. The fraction of sp³-hybridized carbons (Fsp3) is 0.161. The lowest BCUT2D eigenvalue weighted by Crippen LogP contribution is -2.40. The number of fused-ring (bicyclic) bond motifs is 1. The van der Waals surface area contributed by atoms with E-state index in [1.165, 1.54) is 36.4 Å². The van der Waals surface area contributed by atoms with Gasteiger partial charge in [0.05, 0.1) is 11.9 Å². The molecule has 0 aliphatic carbocycles. The number of amides is 2. The highest BCUT2D eigenvalue weighted by molar-refractivity contribution is 6.27. The lowest BCUT2D eigenvalue weighted by molar-refractivity contribution is -0.195. The monoisotopic (exact) mass is 599 g/mol. The van der Waals surface area contributed by atoms with Crippen LogP contribution >= 0.6 is 0 Å². The molecule has 0 spiro atoms. The molecule has 0 bridgehead atoms. The summed E-state index contributed by atoms with van der Waals surface area (Å²) in [6.45, 7) is -1.37. The van der Waals surface area contributed by atoms with E-state index in [2.05, 4.69) is 15.0 Å². The predicted octanol–water partition coefficient (Wildman–Crippen LogP) is 4.06. The second-order valence-corrected chi connectivity index (χ2v) is 9.79. The van der Waals surface area contributed by atoms with Crippen molar-refractivity contribution in [1.29, 1.82) is 0 Å². The van der Waals surface area contributed by atoms with Crippen LogP contribution in [-0.4, -0.2) is 67.1 Å². The number of hydrogen-bond acceptors (Lipinski definition) is 9. The standard InChI is InChI=1S/C31H23F2N5O6/c32-24-23(43-30(42)21-14-8-3-9-15-21)29(44-31(24,33)16-39)37-18-36-22-25(37)34-17-35-26(22)38(27(40)19-10-4-1-5-11-19)28(41)20-12-6-2-7-13-20/h1-15,17-18,23-24,29,39H,16H2/t23-,24+,29-,31-/m1/s1. The third-order valence-corrected chi connectivity index (χ3v) is 7.04. The van der Waals surface area contributed by atoms with Crippen LogP contribution in [0.25, 0.3) is 11.2 Å². The lowest BCUT2D eigenvalue weighted by atomic mass is 10.1. The SMILES string of the molecule is O=C(O[C@H]1[C@H](n2cnc3c(N(C(=O)c4ccccc4)C(=O)c4ccccc4)ncnc32)O[C@](F)(CO)[C@H]1F)c1ccccc1. The van der Waals surface area contributed by atoms with Crippen LogP contribution in [0.1, 0.15) is 37.3 Å². The van der Waals surface area contributed by atoms with Crippen molar-refractivity contribution in [1.82, 2.24) is 19.5 Å². The Morgan fingerprint density at radius 2 is 1.41 bits per heavy atom. The van der Waals surface area contributed by atoms with E-state index in [1.54, 1.807) is 54.6 Å². The van der Waals surface area contributed by atoms with Gasteiger partial charge in [-0.05, 0) is 36.4 Å². The highest BCUT2D eigenvalue weighted by Crippen LogP contribution is 2.43. The number of hydrogen-bond donors (Lipinski definition) is 1. The first-order valence-corrected chi connectivity index (χ1v) is 13.4. The van der Waals surface area contributed by atoms with Gasteiger partial charge in [-0.15, -0.1) is 0 Å². The number of alkyl halides is 2. The Balaban J connectivity index is 1.44. The van der Waals surface area contributed by atoms with Gasteiger partial charge in [0.25, 0.3) is 17.7 Å². The first-order valence-electron chi connectivity index (χ1n) is 13.4. The van der Waals surface area contributed by atoms with E-state index in [0.717, 1.165) is 22.1 Å². The molecule has 44 heavy (non-hydrogen) atoms. The molecular formula is C31H23F2N5O6.